The quantitative estimate of drug-likeness (QED) is 0.133. The van der Waals surface area contributed by atoms with Gasteiger partial charge in [0, 0.05) is 5.33 Å². The second-order valence-corrected chi connectivity index (χ2v) is 9.89. The van der Waals surface area contributed by atoms with Gasteiger partial charge in [0.05, 0.1) is 4.75 Å². The van der Waals surface area contributed by atoms with Crippen LogP contribution in [0.15, 0.2) is 91.0 Å². The van der Waals surface area contributed by atoms with E-state index >= 15 is 0 Å². The van der Waals surface area contributed by atoms with Crippen molar-refractivity contribution >= 4 is 27.7 Å². The molecule has 158 valence electrons. The molecule has 0 saturated heterocycles. The van der Waals surface area contributed by atoms with E-state index in [0.717, 1.165) is 5.33 Å². The number of hydrogen-bond donors (Lipinski definition) is 0. The molecular formula is C28H33BrS. The number of halogens is 1. The standard InChI is InChI=1S/C28H33BrS/c29-23-15-4-2-1-3-5-16-24-30-28(25-17-9-6-10-18-25,26-19-11-7-12-20-26)27-21-13-8-14-22-27/h6-14,17-22H,1-5,15-16,23-24H2. The first kappa shape index (κ1) is 23.2. The summed E-state index contributed by atoms with van der Waals surface area (Å²) in [4.78, 5) is 0. The molecule has 0 aliphatic rings. The Labute approximate surface area is 195 Å². The Hall–Kier alpha value is -1.51. The van der Waals surface area contributed by atoms with E-state index in [-0.39, 0.29) is 4.75 Å². The molecule has 30 heavy (non-hydrogen) atoms. The summed E-state index contributed by atoms with van der Waals surface area (Å²) in [5, 5.41) is 1.14. The van der Waals surface area contributed by atoms with Gasteiger partial charge in [-0.1, -0.05) is 139 Å². The highest BCUT2D eigenvalue weighted by atomic mass is 79.9. The van der Waals surface area contributed by atoms with Crippen molar-refractivity contribution in [3.8, 4) is 0 Å². The lowest BCUT2D eigenvalue weighted by Crippen LogP contribution is -2.26. The monoisotopic (exact) mass is 480 g/mol. The number of benzene rings is 3. The molecule has 0 nitrogen and oxygen atoms in total. The molecule has 0 aliphatic heterocycles. The third-order valence-electron chi connectivity index (χ3n) is 5.64. The predicted octanol–water partition coefficient (Wildman–Crippen LogP) is 8.84. The SMILES string of the molecule is BrCCCCCCCCCSC(c1ccccc1)(c1ccccc1)c1ccccc1. The minimum Gasteiger partial charge on any atom is -0.141 e. The minimum atomic E-state index is -0.167. The third kappa shape index (κ3) is 6.25. The number of thioether (sulfide) groups is 1. The van der Waals surface area contributed by atoms with E-state index in [0.29, 0.717) is 0 Å². The summed E-state index contributed by atoms with van der Waals surface area (Å²) in [6.07, 6.45) is 9.38. The molecule has 3 rings (SSSR count). The maximum atomic E-state index is 3.53. The molecule has 3 aromatic rings. The minimum absolute atomic E-state index is 0.167. The molecule has 0 saturated carbocycles. The Morgan fingerprint density at radius 2 is 0.867 bits per heavy atom. The molecule has 0 radical (unpaired) electrons. The predicted molar refractivity (Wildman–Crippen MR) is 138 cm³/mol. The molecule has 0 aliphatic carbocycles. The Morgan fingerprint density at radius 1 is 0.500 bits per heavy atom. The average Bonchev–Trinajstić information content (AvgIpc) is 2.82. The molecule has 0 unspecified atom stereocenters. The van der Waals surface area contributed by atoms with Crippen LogP contribution < -0.4 is 0 Å². The normalized spacial score (nSPS) is 11.5. The Morgan fingerprint density at radius 3 is 1.27 bits per heavy atom. The highest BCUT2D eigenvalue weighted by Crippen LogP contribution is 2.48. The number of hydrogen-bond acceptors (Lipinski definition) is 1. The molecule has 0 aromatic heterocycles. The van der Waals surface area contributed by atoms with Gasteiger partial charge in [0.25, 0.3) is 0 Å². The highest BCUT2D eigenvalue weighted by molar-refractivity contribution is 9.09. The van der Waals surface area contributed by atoms with E-state index in [1.54, 1.807) is 0 Å². The average molecular weight is 482 g/mol. The molecule has 0 heterocycles. The Kier molecular flexibility index (Phi) is 10.1. The third-order valence-corrected chi connectivity index (χ3v) is 7.83. The van der Waals surface area contributed by atoms with Gasteiger partial charge >= 0.3 is 0 Å². The summed E-state index contributed by atoms with van der Waals surface area (Å²) < 4.78 is -0.167. The van der Waals surface area contributed by atoms with Crippen LogP contribution in [0, 0.1) is 0 Å². The van der Waals surface area contributed by atoms with Crippen molar-refractivity contribution in [1.29, 1.82) is 0 Å². The summed E-state index contributed by atoms with van der Waals surface area (Å²) in [6, 6.07) is 33.1. The van der Waals surface area contributed by atoms with Gasteiger partial charge in [0.1, 0.15) is 0 Å². The molecule has 0 spiro atoms. The maximum Gasteiger partial charge on any atom is 0.0906 e. The van der Waals surface area contributed by atoms with Crippen molar-refractivity contribution in [2.24, 2.45) is 0 Å². The first-order valence-electron chi connectivity index (χ1n) is 11.2. The van der Waals surface area contributed by atoms with Gasteiger partial charge in [0.2, 0.25) is 0 Å². The van der Waals surface area contributed by atoms with E-state index < -0.39 is 0 Å². The first-order valence-corrected chi connectivity index (χ1v) is 13.3. The summed E-state index contributed by atoms with van der Waals surface area (Å²) >= 11 is 5.62. The van der Waals surface area contributed by atoms with Crippen LogP contribution >= 0.6 is 27.7 Å². The second-order valence-electron chi connectivity index (χ2n) is 7.79. The van der Waals surface area contributed by atoms with Crippen LogP contribution in [0.3, 0.4) is 0 Å². The van der Waals surface area contributed by atoms with Gasteiger partial charge in [-0.05, 0) is 35.3 Å². The molecular weight excluding hydrogens is 448 g/mol. The van der Waals surface area contributed by atoms with E-state index in [1.807, 2.05) is 0 Å². The number of rotatable bonds is 13. The van der Waals surface area contributed by atoms with Crippen LogP contribution in [0.2, 0.25) is 0 Å². The van der Waals surface area contributed by atoms with Gasteiger partial charge in [0.15, 0.2) is 0 Å². The fraction of sp³-hybridized carbons (Fsp3) is 0.357. The van der Waals surface area contributed by atoms with Crippen LogP contribution in [-0.2, 0) is 4.75 Å². The maximum absolute atomic E-state index is 3.53. The van der Waals surface area contributed by atoms with Gasteiger partial charge in [-0.15, -0.1) is 11.8 Å². The smallest absolute Gasteiger partial charge is 0.0906 e. The summed E-state index contributed by atoms with van der Waals surface area (Å²) in [7, 11) is 0. The van der Waals surface area contributed by atoms with E-state index in [9.17, 15) is 0 Å². The molecule has 0 amide bonds. The van der Waals surface area contributed by atoms with Crippen LogP contribution in [0.4, 0.5) is 0 Å². The lowest BCUT2D eigenvalue weighted by Gasteiger charge is -2.35. The fourth-order valence-electron chi connectivity index (χ4n) is 4.07. The van der Waals surface area contributed by atoms with E-state index in [4.69, 9.17) is 0 Å². The van der Waals surface area contributed by atoms with Crippen molar-refractivity contribution in [2.75, 3.05) is 11.1 Å². The van der Waals surface area contributed by atoms with Gasteiger partial charge in [-0.3, -0.25) is 0 Å². The van der Waals surface area contributed by atoms with Crippen LogP contribution in [0.5, 0.6) is 0 Å². The first-order chi connectivity index (χ1) is 14.9. The largest absolute Gasteiger partial charge is 0.141 e. The molecule has 0 bridgehead atoms. The molecule has 2 heteroatoms. The topological polar surface area (TPSA) is 0 Å². The zero-order chi connectivity index (χ0) is 20.9. The summed E-state index contributed by atoms with van der Waals surface area (Å²) in [6.45, 7) is 0. The lowest BCUT2D eigenvalue weighted by atomic mass is 9.84. The second kappa shape index (κ2) is 13.0. The number of alkyl halides is 1. The van der Waals surface area contributed by atoms with Crippen molar-refractivity contribution < 1.29 is 0 Å². The Bertz CT molecular complexity index is 720. The molecule has 3 aromatic carbocycles. The summed E-state index contributed by atoms with van der Waals surface area (Å²) in [5.41, 5.74) is 4.09. The highest BCUT2D eigenvalue weighted by Gasteiger charge is 2.36. The van der Waals surface area contributed by atoms with Crippen LogP contribution in [0.1, 0.15) is 61.6 Å². The molecule has 0 N–H and O–H groups in total. The number of unbranched alkanes of at least 4 members (excludes halogenated alkanes) is 6. The van der Waals surface area contributed by atoms with Crippen LogP contribution in [0.25, 0.3) is 0 Å². The van der Waals surface area contributed by atoms with Crippen molar-refractivity contribution in [3.63, 3.8) is 0 Å². The van der Waals surface area contributed by atoms with Crippen molar-refractivity contribution in [2.45, 2.75) is 49.7 Å². The van der Waals surface area contributed by atoms with Crippen molar-refractivity contribution in [1.82, 2.24) is 0 Å². The Balaban J connectivity index is 1.77. The van der Waals surface area contributed by atoms with Gasteiger partial charge in [-0.2, -0.15) is 0 Å². The lowest BCUT2D eigenvalue weighted by molar-refractivity contribution is 0.605. The fourth-order valence-corrected chi connectivity index (χ4v) is 6.03. The molecule has 0 fully saturated rings. The zero-order valence-electron chi connectivity index (χ0n) is 17.8. The summed E-state index contributed by atoms with van der Waals surface area (Å²) in [5.74, 6) is 1.17. The van der Waals surface area contributed by atoms with Gasteiger partial charge < -0.3 is 0 Å². The van der Waals surface area contributed by atoms with Gasteiger partial charge in [-0.25, -0.2) is 0 Å². The molecule has 0 atom stereocenters. The zero-order valence-corrected chi connectivity index (χ0v) is 20.2. The van der Waals surface area contributed by atoms with Crippen molar-refractivity contribution in [3.05, 3.63) is 108 Å². The van der Waals surface area contributed by atoms with Crippen LogP contribution in [-0.4, -0.2) is 11.1 Å². The van der Waals surface area contributed by atoms with E-state index in [2.05, 4.69) is 119 Å². The van der Waals surface area contributed by atoms with E-state index in [1.165, 1.54) is 67.4 Å².